The molecule has 14 heavy (non-hydrogen) atoms. The first kappa shape index (κ1) is 9.21. The number of halogens is 1. The summed E-state index contributed by atoms with van der Waals surface area (Å²) in [5.74, 6) is 0.248. The molecule has 0 radical (unpaired) electrons. The number of phenols is 1. The average Bonchev–Trinajstić information content (AvgIpc) is 2.18. The fourth-order valence-electron chi connectivity index (χ4n) is 1.25. The predicted octanol–water partition coefficient (Wildman–Crippen LogP) is 3.22. The number of pyridine rings is 1. The minimum absolute atomic E-state index is 0.248. The van der Waals surface area contributed by atoms with Crippen LogP contribution in [0.3, 0.4) is 0 Å². The second kappa shape index (κ2) is 3.80. The number of rotatable bonds is 1. The lowest BCUT2D eigenvalue weighted by Gasteiger charge is -2.03. The van der Waals surface area contributed by atoms with Crippen molar-refractivity contribution in [2.45, 2.75) is 0 Å². The lowest BCUT2D eigenvalue weighted by Crippen LogP contribution is -1.83. The minimum Gasteiger partial charge on any atom is -0.507 e. The van der Waals surface area contributed by atoms with Gasteiger partial charge in [-0.3, -0.25) is 0 Å². The molecule has 1 aromatic heterocycles. The van der Waals surface area contributed by atoms with E-state index in [1.807, 2.05) is 30.3 Å². The van der Waals surface area contributed by atoms with Crippen molar-refractivity contribution in [3.63, 3.8) is 0 Å². The lowest BCUT2D eigenvalue weighted by atomic mass is 10.1. The maximum atomic E-state index is 9.60. The summed E-state index contributed by atoms with van der Waals surface area (Å²) in [5, 5.41) is 9.60. The van der Waals surface area contributed by atoms with Gasteiger partial charge in [0.15, 0.2) is 0 Å². The highest BCUT2D eigenvalue weighted by molar-refractivity contribution is 9.10. The van der Waals surface area contributed by atoms with Crippen LogP contribution >= 0.6 is 15.9 Å². The van der Waals surface area contributed by atoms with E-state index in [0.717, 1.165) is 15.9 Å². The molecule has 0 aliphatic carbocycles. The molecule has 1 N–H and O–H groups in total. The fraction of sp³-hybridized carbons (Fsp3) is 0. The number of phenolic OH excluding ortho intramolecular Hbond substituents is 1. The zero-order chi connectivity index (χ0) is 9.97. The molecule has 0 saturated carbocycles. The molecule has 0 spiro atoms. The number of aromatic hydroxyl groups is 1. The van der Waals surface area contributed by atoms with E-state index in [1.54, 1.807) is 12.1 Å². The average molecular weight is 250 g/mol. The number of nitrogens with zero attached hydrogens (tertiary/aromatic N) is 1. The van der Waals surface area contributed by atoms with Gasteiger partial charge in [0.05, 0.1) is 5.69 Å². The minimum atomic E-state index is 0.248. The number of hydrogen-bond donors (Lipinski definition) is 1. The predicted molar refractivity (Wildman–Crippen MR) is 59.0 cm³/mol. The van der Waals surface area contributed by atoms with Crippen molar-refractivity contribution in [1.29, 1.82) is 0 Å². The number of para-hydroxylation sites is 1. The number of benzene rings is 1. The second-order valence-electron chi connectivity index (χ2n) is 2.86. The van der Waals surface area contributed by atoms with Gasteiger partial charge in [0.2, 0.25) is 0 Å². The van der Waals surface area contributed by atoms with Crippen LogP contribution in [0.5, 0.6) is 5.75 Å². The molecule has 1 aromatic carbocycles. The van der Waals surface area contributed by atoms with Crippen LogP contribution in [0.25, 0.3) is 11.3 Å². The molecule has 0 bridgehead atoms. The molecule has 0 saturated heterocycles. The zero-order valence-electron chi connectivity index (χ0n) is 7.31. The van der Waals surface area contributed by atoms with E-state index in [1.165, 1.54) is 0 Å². The largest absolute Gasteiger partial charge is 0.507 e. The summed E-state index contributed by atoms with van der Waals surface area (Å²) >= 11 is 3.29. The summed E-state index contributed by atoms with van der Waals surface area (Å²) in [5.41, 5.74) is 1.51. The monoisotopic (exact) mass is 249 g/mol. The third-order valence-electron chi connectivity index (χ3n) is 1.90. The topological polar surface area (TPSA) is 33.1 Å². The highest BCUT2D eigenvalue weighted by Gasteiger charge is 2.03. The fourth-order valence-corrected chi connectivity index (χ4v) is 1.59. The first-order valence-corrected chi connectivity index (χ1v) is 4.97. The van der Waals surface area contributed by atoms with Crippen molar-refractivity contribution in [2.24, 2.45) is 0 Å². The van der Waals surface area contributed by atoms with E-state index in [4.69, 9.17) is 0 Å². The van der Waals surface area contributed by atoms with E-state index >= 15 is 0 Å². The standard InChI is InChI=1S/C11H8BrNO/c12-11-7-3-5-9(13-11)8-4-1-2-6-10(8)14/h1-7,14H. The van der Waals surface area contributed by atoms with Gasteiger partial charge < -0.3 is 5.11 Å². The van der Waals surface area contributed by atoms with E-state index < -0.39 is 0 Å². The Morgan fingerprint density at radius 2 is 1.79 bits per heavy atom. The molecular formula is C11H8BrNO. The molecule has 70 valence electrons. The normalized spacial score (nSPS) is 10.1. The first-order chi connectivity index (χ1) is 6.77. The van der Waals surface area contributed by atoms with Crippen LogP contribution in [0.4, 0.5) is 0 Å². The Morgan fingerprint density at radius 3 is 2.50 bits per heavy atom. The van der Waals surface area contributed by atoms with Gasteiger partial charge >= 0.3 is 0 Å². The van der Waals surface area contributed by atoms with Crippen molar-refractivity contribution in [3.05, 3.63) is 47.1 Å². The smallest absolute Gasteiger partial charge is 0.124 e. The molecule has 0 unspecified atom stereocenters. The third kappa shape index (κ3) is 1.77. The molecule has 0 aliphatic heterocycles. The molecule has 0 aliphatic rings. The molecule has 3 heteroatoms. The Bertz CT molecular complexity index is 457. The Hall–Kier alpha value is -1.35. The number of aromatic nitrogens is 1. The summed E-state index contributed by atoms with van der Waals surface area (Å²) in [7, 11) is 0. The molecule has 0 amide bonds. The molecule has 2 nitrogen and oxygen atoms in total. The summed E-state index contributed by atoms with van der Waals surface area (Å²) in [4.78, 5) is 4.26. The van der Waals surface area contributed by atoms with Gasteiger partial charge in [-0.15, -0.1) is 0 Å². The van der Waals surface area contributed by atoms with E-state index in [0.29, 0.717) is 0 Å². The maximum absolute atomic E-state index is 9.60. The summed E-state index contributed by atoms with van der Waals surface area (Å²) < 4.78 is 0.762. The van der Waals surface area contributed by atoms with E-state index in [2.05, 4.69) is 20.9 Å². The van der Waals surface area contributed by atoms with Crippen LogP contribution in [0.1, 0.15) is 0 Å². The van der Waals surface area contributed by atoms with Crippen LogP contribution in [0, 0.1) is 0 Å². The Balaban J connectivity index is 2.55. The molecule has 2 rings (SSSR count). The van der Waals surface area contributed by atoms with Crippen LogP contribution in [0.2, 0.25) is 0 Å². The van der Waals surface area contributed by atoms with Crippen LogP contribution in [0.15, 0.2) is 47.1 Å². The van der Waals surface area contributed by atoms with E-state index in [9.17, 15) is 5.11 Å². The summed E-state index contributed by atoms with van der Waals surface area (Å²) in [6, 6.07) is 12.7. The van der Waals surface area contributed by atoms with Crippen molar-refractivity contribution < 1.29 is 5.11 Å². The van der Waals surface area contributed by atoms with Crippen molar-refractivity contribution in [3.8, 4) is 17.0 Å². The molecular weight excluding hydrogens is 242 g/mol. The van der Waals surface area contributed by atoms with Gasteiger partial charge in [-0.2, -0.15) is 0 Å². The second-order valence-corrected chi connectivity index (χ2v) is 3.68. The van der Waals surface area contributed by atoms with Gasteiger partial charge in [0, 0.05) is 5.56 Å². The van der Waals surface area contributed by atoms with Crippen LogP contribution in [-0.2, 0) is 0 Å². The Kier molecular flexibility index (Phi) is 2.50. The Morgan fingerprint density at radius 1 is 1.00 bits per heavy atom. The van der Waals surface area contributed by atoms with Crippen molar-refractivity contribution in [2.75, 3.05) is 0 Å². The van der Waals surface area contributed by atoms with Crippen molar-refractivity contribution >= 4 is 15.9 Å². The zero-order valence-corrected chi connectivity index (χ0v) is 8.90. The summed E-state index contributed by atoms with van der Waals surface area (Å²) in [6.07, 6.45) is 0. The van der Waals surface area contributed by atoms with Gasteiger partial charge in [-0.1, -0.05) is 18.2 Å². The van der Waals surface area contributed by atoms with Gasteiger partial charge in [-0.25, -0.2) is 4.98 Å². The first-order valence-electron chi connectivity index (χ1n) is 4.18. The molecule has 0 atom stereocenters. The van der Waals surface area contributed by atoms with Gasteiger partial charge in [-0.05, 0) is 40.2 Å². The van der Waals surface area contributed by atoms with Gasteiger partial charge in [0.25, 0.3) is 0 Å². The molecule has 1 heterocycles. The van der Waals surface area contributed by atoms with Gasteiger partial charge in [0.1, 0.15) is 10.4 Å². The number of hydrogen-bond acceptors (Lipinski definition) is 2. The molecule has 0 fully saturated rings. The Labute approximate surface area is 90.4 Å². The molecule has 2 aromatic rings. The maximum Gasteiger partial charge on any atom is 0.124 e. The third-order valence-corrected chi connectivity index (χ3v) is 2.34. The summed E-state index contributed by atoms with van der Waals surface area (Å²) in [6.45, 7) is 0. The quantitative estimate of drug-likeness (QED) is 0.788. The highest BCUT2D eigenvalue weighted by Crippen LogP contribution is 2.27. The highest BCUT2D eigenvalue weighted by atomic mass is 79.9. The lowest BCUT2D eigenvalue weighted by molar-refractivity contribution is 0.477. The SMILES string of the molecule is Oc1ccccc1-c1cccc(Br)n1. The van der Waals surface area contributed by atoms with Crippen LogP contribution in [-0.4, -0.2) is 10.1 Å². The van der Waals surface area contributed by atoms with Crippen molar-refractivity contribution in [1.82, 2.24) is 4.98 Å². The van der Waals surface area contributed by atoms with Crippen LogP contribution < -0.4 is 0 Å². The van der Waals surface area contributed by atoms with E-state index in [-0.39, 0.29) is 5.75 Å².